The molecule has 0 aliphatic carbocycles. The Morgan fingerprint density at radius 3 is 2.61 bits per heavy atom. The standard InChI is InChI=1S/C25H35FN7O7P/c1-6-31(7-2)20-18-21(30-24(27)29-20)32(14-28-18)23-25(4,26)19(34)17(39-23)13-38-33(15(3)22(35)37-5)41(36)40-16-11-9-8-10-12-16/h8-12,14-15,17,19,23,34,41H,6-7,13H2,1-5H3,(H2,27,29,30)/t15?,17-,19-,23-,25-/m1/s1. The monoisotopic (exact) mass is 595 g/mol. The maximum Gasteiger partial charge on any atom is 0.331 e. The lowest BCUT2D eigenvalue weighted by atomic mass is 9.98. The van der Waals surface area contributed by atoms with Crippen molar-refractivity contribution in [3.8, 4) is 5.75 Å². The van der Waals surface area contributed by atoms with Gasteiger partial charge in [0.05, 0.1) is 20.0 Å². The molecule has 1 aromatic carbocycles. The van der Waals surface area contributed by atoms with Gasteiger partial charge in [-0.25, -0.2) is 9.37 Å². The molecule has 1 saturated heterocycles. The highest BCUT2D eigenvalue weighted by Crippen LogP contribution is 2.43. The van der Waals surface area contributed by atoms with E-state index in [1.54, 1.807) is 30.3 Å². The molecule has 3 aromatic rings. The Balaban J connectivity index is 1.58. The second kappa shape index (κ2) is 12.7. The molecule has 3 N–H and O–H groups in total. The Morgan fingerprint density at radius 2 is 1.98 bits per heavy atom. The second-order valence-electron chi connectivity index (χ2n) is 9.53. The van der Waals surface area contributed by atoms with E-state index in [1.807, 2.05) is 18.7 Å². The Bertz CT molecular complexity index is 1380. The number of hydroxylamine groups is 1. The number of ether oxygens (including phenoxy) is 2. The average Bonchev–Trinajstić information content (AvgIpc) is 3.46. The van der Waals surface area contributed by atoms with Crippen molar-refractivity contribution in [2.24, 2.45) is 0 Å². The Hall–Kier alpha value is -3.36. The lowest BCUT2D eigenvalue weighted by Gasteiger charge is -2.27. The molecule has 0 amide bonds. The van der Waals surface area contributed by atoms with Crippen LogP contribution < -0.4 is 15.2 Å². The largest absolute Gasteiger partial charge is 0.468 e. The Kier molecular flexibility index (Phi) is 9.44. The van der Waals surface area contributed by atoms with E-state index in [1.165, 1.54) is 31.9 Å². The lowest BCUT2D eigenvalue weighted by molar-refractivity contribution is -0.179. The first-order valence-corrected chi connectivity index (χ1v) is 14.3. The van der Waals surface area contributed by atoms with Crippen molar-refractivity contribution >= 4 is 37.1 Å². The van der Waals surface area contributed by atoms with E-state index in [4.69, 9.17) is 24.6 Å². The summed E-state index contributed by atoms with van der Waals surface area (Å²) in [5.74, 6) is 0.00236. The fourth-order valence-corrected chi connectivity index (χ4v) is 5.59. The zero-order valence-electron chi connectivity index (χ0n) is 23.4. The number of nitrogen functional groups attached to an aromatic ring is 1. The van der Waals surface area contributed by atoms with Gasteiger partial charge < -0.3 is 29.7 Å². The SMILES string of the molecule is CCN(CC)c1nc(N)nc2c1ncn2[C@@H]1O[C@H](CON(C(C)C(=O)OC)[PH](=O)Oc2ccccc2)[C@@H](O)[C@@]1(C)F. The summed E-state index contributed by atoms with van der Waals surface area (Å²) >= 11 is 0. The van der Waals surface area contributed by atoms with Gasteiger partial charge in [0.1, 0.15) is 24.0 Å². The number of benzene rings is 1. The summed E-state index contributed by atoms with van der Waals surface area (Å²) < 4.78 is 46.7. The normalized spacial score (nSPS) is 24.0. The van der Waals surface area contributed by atoms with Gasteiger partial charge in [-0.3, -0.25) is 18.8 Å². The quantitative estimate of drug-likeness (QED) is 0.178. The van der Waals surface area contributed by atoms with Gasteiger partial charge in [0, 0.05) is 13.1 Å². The number of halogens is 1. The predicted octanol–water partition coefficient (Wildman–Crippen LogP) is 2.50. The van der Waals surface area contributed by atoms with Crippen LogP contribution in [0.4, 0.5) is 16.2 Å². The summed E-state index contributed by atoms with van der Waals surface area (Å²) in [6.07, 6.45) is -2.95. The van der Waals surface area contributed by atoms with Crippen molar-refractivity contribution in [1.29, 1.82) is 0 Å². The maximum atomic E-state index is 16.1. The van der Waals surface area contributed by atoms with Gasteiger partial charge in [-0.1, -0.05) is 23.0 Å². The molecule has 16 heteroatoms. The fourth-order valence-electron chi connectivity index (χ4n) is 4.56. The molecule has 1 aliphatic heterocycles. The van der Waals surface area contributed by atoms with E-state index in [2.05, 4.69) is 15.0 Å². The number of aliphatic hydroxyl groups is 1. The minimum Gasteiger partial charge on any atom is -0.468 e. The summed E-state index contributed by atoms with van der Waals surface area (Å²) in [7, 11) is -2.03. The van der Waals surface area contributed by atoms with Gasteiger partial charge in [-0.05, 0) is 39.8 Å². The summed E-state index contributed by atoms with van der Waals surface area (Å²) in [5.41, 5.74) is 4.26. The van der Waals surface area contributed by atoms with Crippen LogP contribution in [-0.4, -0.2) is 86.2 Å². The molecule has 2 unspecified atom stereocenters. The number of imidazole rings is 1. The fraction of sp³-hybridized carbons (Fsp3) is 0.520. The van der Waals surface area contributed by atoms with Gasteiger partial charge in [0.2, 0.25) is 5.95 Å². The molecule has 14 nitrogen and oxygen atoms in total. The number of carbonyl (C=O) groups is 1. The molecule has 0 spiro atoms. The molecular weight excluding hydrogens is 560 g/mol. The molecular formula is C25H35FN7O7P. The number of nitrogens with zero attached hydrogens (tertiary/aromatic N) is 6. The van der Waals surface area contributed by atoms with E-state index in [9.17, 15) is 14.5 Å². The highest BCUT2D eigenvalue weighted by atomic mass is 31.1. The van der Waals surface area contributed by atoms with Gasteiger partial charge in [0.15, 0.2) is 28.9 Å². The van der Waals surface area contributed by atoms with Crippen LogP contribution in [0.1, 0.15) is 33.9 Å². The highest BCUT2D eigenvalue weighted by Gasteiger charge is 2.56. The third kappa shape index (κ3) is 6.14. The first-order chi connectivity index (χ1) is 19.5. The van der Waals surface area contributed by atoms with Gasteiger partial charge in [-0.15, -0.1) is 0 Å². The first kappa shape index (κ1) is 30.6. The van der Waals surface area contributed by atoms with Crippen LogP contribution in [-0.2, 0) is 23.7 Å². The number of anilines is 2. The van der Waals surface area contributed by atoms with Crippen molar-refractivity contribution in [2.45, 2.75) is 57.8 Å². The first-order valence-electron chi connectivity index (χ1n) is 13.1. The van der Waals surface area contributed by atoms with Crippen LogP contribution >= 0.6 is 8.18 Å². The van der Waals surface area contributed by atoms with Gasteiger partial charge in [-0.2, -0.15) is 9.97 Å². The number of fused-ring (bicyclic) bond motifs is 1. The average molecular weight is 596 g/mol. The van der Waals surface area contributed by atoms with Crippen molar-refractivity contribution < 1.29 is 37.7 Å². The number of alkyl halides is 1. The number of para-hydroxylation sites is 1. The maximum absolute atomic E-state index is 16.1. The number of methoxy groups -OCH3 is 1. The molecule has 6 atom stereocenters. The van der Waals surface area contributed by atoms with Crippen molar-refractivity contribution in [3.05, 3.63) is 36.7 Å². The van der Waals surface area contributed by atoms with Crippen LogP contribution in [0.25, 0.3) is 11.2 Å². The van der Waals surface area contributed by atoms with Gasteiger partial charge >= 0.3 is 14.1 Å². The highest BCUT2D eigenvalue weighted by molar-refractivity contribution is 7.36. The van der Waals surface area contributed by atoms with Crippen LogP contribution in [0.2, 0.25) is 0 Å². The summed E-state index contributed by atoms with van der Waals surface area (Å²) in [5, 5.41) is 10.9. The number of esters is 1. The smallest absolute Gasteiger partial charge is 0.331 e. The minimum atomic E-state index is -3.20. The summed E-state index contributed by atoms with van der Waals surface area (Å²) in [6, 6.07) is 7.15. The Morgan fingerprint density at radius 1 is 1.29 bits per heavy atom. The molecule has 224 valence electrons. The number of hydrogen-bond acceptors (Lipinski definition) is 12. The molecule has 0 radical (unpaired) electrons. The Labute approximate surface area is 237 Å². The van der Waals surface area contributed by atoms with Crippen molar-refractivity contribution in [1.82, 2.24) is 24.4 Å². The van der Waals surface area contributed by atoms with Crippen LogP contribution in [0, 0.1) is 0 Å². The van der Waals surface area contributed by atoms with E-state index >= 15 is 4.39 Å². The summed E-state index contributed by atoms with van der Waals surface area (Å²) in [6.45, 7) is 7.28. The van der Waals surface area contributed by atoms with E-state index in [0.29, 0.717) is 24.4 Å². The molecule has 1 aliphatic rings. The topological polar surface area (TPSA) is 167 Å². The number of nitrogens with two attached hydrogens (primary N) is 1. The van der Waals surface area contributed by atoms with Gasteiger partial charge in [0.25, 0.3) is 0 Å². The summed E-state index contributed by atoms with van der Waals surface area (Å²) in [4.78, 5) is 33.7. The molecule has 41 heavy (non-hydrogen) atoms. The minimum absolute atomic E-state index is 0.0314. The van der Waals surface area contributed by atoms with E-state index < -0.39 is 50.9 Å². The number of hydrogen-bond donors (Lipinski definition) is 2. The van der Waals surface area contributed by atoms with Crippen LogP contribution in [0.3, 0.4) is 0 Å². The molecule has 0 saturated carbocycles. The molecule has 4 rings (SSSR count). The molecule has 1 fully saturated rings. The molecule has 3 heterocycles. The zero-order valence-corrected chi connectivity index (χ0v) is 24.4. The number of rotatable bonds is 12. The molecule has 2 aromatic heterocycles. The number of aliphatic hydroxyl groups excluding tert-OH is 1. The second-order valence-corrected chi connectivity index (χ2v) is 10.7. The van der Waals surface area contributed by atoms with Crippen molar-refractivity contribution in [3.63, 3.8) is 0 Å². The third-order valence-electron chi connectivity index (χ3n) is 6.85. The van der Waals surface area contributed by atoms with Crippen molar-refractivity contribution in [2.75, 3.05) is 37.4 Å². The number of carbonyl (C=O) groups excluding carboxylic acids is 1. The van der Waals surface area contributed by atoms with E-state index in [-0.39, 0.29) is 17.3 Å². The van der Waals surface area contributed by atoms with Crippen LogP contribution in [0.5, 0.6) is 5.75 Å². The lowest BCUT2D eigenvalue weighted by Crippen LogP contribution is -2.42. The zero-order chi connectivity index (χ0) is 29.9. The van der Waals surface area contributed by atoms with Crippen LogP contribution in [0.15, 0.2) is 36.7 Å². The van der Waals surface area contributed by atoms with E-state index in [0.717, 1.165) is 4.83 Å². The number of aromatic nitrogens is 4. The predicted molar refractivity (Wildman–Crippen MR) is 148 cm³/mol. The molecule has 0 bridgehead atoms. The third-order valence-corrected chi connectivity index (χ3v) is 8.14.